The van der Waals surface area contributed by atoms with E-state index in [1.54, 1.807) is 39.5 Å². The standard InChI is InChI=1S/C26H34N2O6/c1-27(10-8-18-6-7-22(31-2)23(12-18)32-3)16-21(29)17-28-11-9-19-13-24(33-4)25(34-5)14-20(19)15-26(28)30/h6-7,9,11-14,21,29H,8,10,15-17H2,1-5H3. The number of methoxy groups -OCH3 is 4. The van der Waals surface area contributed by atoms with Crippen molar-refractivity contribution >= 4 is 12.0 Å². The van der Waals surface area contributed by atoms with Crippen LogP contribution in [0.5, 0.6) is 23.0 Å². The Labute approximate surface area is 201 Å². The van der Waals surface area contributed by atoms with Gasteiger partial charge in [-0.1, -0.05) is 6.07 Å². The van der Waals surface area contributed by atoms with E-state index in [2.05, 4.69) is 4.90 Å². The number of carbonyl (C=O) groups is 1. The molecule has 0 spiro atoms. The van der Waals surface area contributed by atoms with Crippen molar-refractivity contribution in [2.45, 2.75) is 18.9 Å². The summed E-state index contributed by atoms with van der Waals surface area (Å²) in [7, 11) is 8.35. The average Bonchev–Trinajstić information content (AvgIpc) is 2.99. The topological polar surface area (TPSA) is 80.7 Å². The van der Waals surface area contributed by atoms with Crippen molar-refractivity contribution in [2.75, 3.05) is 55.1 Å². The second kappa shape index (κ2) is 11.8. The number of aliphatic hydroxyl groups excluding tert-OH is 1. The monoisotopic (exact) mass is 470 g/mol. The number of fused-ring (bicyclic) bond motifs is 1. The summed E-state index contributed by atoms with van der Waals surface area (Å²) in [5.74, 6) is 2.53. The molecule has 0 aromatic heterocycles. The summed E-state index contributed by atoms with van der Waals surface area (Å²) >= 11 is 0. The summed E-state index contributed by atoms with van der Waals surface area (Å²) in [6, 6.07) is 9.56. The Balaban J connectivity index is 1.56. The molecule has 0 fully saturated rings. The van der Waals surface area contributed by atoms with Gasteiger partial charge in [0.1, 0.15) is 0 Å². The third-order valence-corrected chi connectivity index (χ3v) is 5.90. The van der Waals surface area contributed by atoms with Crippen molar-refractivity contribution in [3.05, 3.63) is 53.2 Å². The molecular weight excluding hydrogens is 436 g/mol. The van der Waals surface area contributed by atoms with Crippen LogP contribution in [0.2, 0.25) is 0 Å². The number of amides is 1. The molecule has 1 aliphatic heterocycles. The lowest BCUT2D eigenvalue weighted by Crippen LogP contribution is -2.40. The number of hydrogen-bond donors (Lipinski definition) is 1. The first kappa shape index (κ1) is 25.4. The number of nitrogens with zero attached hydrogens (tertiary/aromatic N) is 2. The smallest absolute Gasteiger partial charge is 0.231 e. The highest BCUT2D eigenvalue weighted by Crippen LogP contribution is 2.33. The lowest BCUT2D eigenvalue weighted by atomic mass is 10.0. The predicted octanol–water partition coefficient (Wildman–Crippen LogP) is 2.61. The largest absolute Gasteiger partial charge is 0.493 e. The highest BCUT2D eigenvalue weighted by Gasteiger charge is 2.22. The molecule has 8 nitrogen and oxygen atoms in total. The maximum absolute atomic E-state index is 12.8. The van der Waals surface area contributed by atoms with Gasteiger partial charge in [0.05, 0.1) is 47.5 Å². The third kappa shape index (κ3) is 6.21. The number of hydrogen-bond acceptors (Lipinski definition) is 7. The molecular formula is C26H34N2O6. The molecule has 1 unspecified atom stereocenters. The summed E-state index contributed by atoms with van der Waals surface area (Å²) in [5.41, 5.74) is 2.88. The predicted molar refractivity (Wildman–Crippen MR) is 131 cm³/mol. The Morgan fingerprint density at radius 3 is 2.29 bits per heavy atom. The van der Waals surface area contributed by atoms with Gasteiger partial charge in [-0.2, -0.15) is 0 Å². The summed E-state index contributed by atoms with van der Waals surface area (Å²) in [4.78, 5) is 16.5. The van der Waals surface area contributed by atoms with Crippen LogP contribution in [0.15, 0.2) is 36.5 Å². The van der Waals surface area contributed by atoms with Crippen molar-refractivity contribution in [3.63, 3.8) is 0 Å². The van der Waals surface area contributed by atoms with Crippen LogP contribution in [-0.4, -0.2) is 82.0 Å². The molecule has 0 saturated heterocycles. The van der Waals surface area contributed by atoms with Gasteiger partial charge in [-0.05, 0) is 60.5 Å². The Morgan fingerprint density at radius 1 is 0.971 bits per heavy atom. The highest BCUT2D eigenvalue weighted by molar-refractivity contribution is 5.84. The molecule has 1 aliphatic rings. The Hall–Kier alpha value is -3.23. The minimum Gasteiger partial charge on any atom is -0.493 e. The minimum atomic E-state index is -0.686. The van der Waals surface area contributed by atoms with Gasteiger partial charge in [-0.3, -0.25) is 4.79 Å². The SMILES string of the molecule is COc1ccc(CCN(C)CC(O)CN2C=Cc3cc(OC)c(OC)cc3CC2=O)cc1OC. The molecule has 2 aromatic rings. The Bertz CT molecular complexity index is 1020. The van der Waals surface area contributed by atoms with E-state index in [0.29, 0.717) is 29.5 Å². The van der Waals surface area contributed by atoms with Gasteiger partial charge in [0.15, 0.2) is 23.0 Å². The second-order valence-corrected chi connectivity index (χ2v) is 8.30. The molecule has 0 radical (unpaired) electrons. The van der Waals surface area contributed by atoms with Crippen LogP contribution in [-0.2, 0) is 17.6 Å². The van der Waals surface area contributed by atoms with E-state index in [9.17, 15) is 9.90 Å². The fourth-order valence-corrected chi connectivity index (χ4v) is 4.02. The van der Waals surface area contributed by atoms with E-state index < -0.39 is 6.10 Å². The van der Waals surface area contributed by atoms with E-state index in [4.69, 9.17) is 18.9 Å². The molecule has 8 heteroatoms. The maximum Gasteiger partial charge on any atom is 0.231 e. The van der Waals surface area contributed by atoms with Crippen molar-refractivity contribution in [1.82, 2.24) is 9.80 Å². The van der Waals surface area contributed by atoms with Crippen LogP contribution in [0.1, 0.15) is 16.7 Å². The van der Waals surface area contributed by atoms with Crippen molar-refractivity contribution in [2.24, 2.45) is 0 Å². The first-order valence-corrected chi connectivity index (χ1v) is 11.2. The lowest BCUT2D eigenvalue weighted by Gasteiger charge is -2.25. The molecule has 3 rings (SSSR count). The Morgan fingerprint density at radius 2 is 1.62 bits per heavy atom. The van der Waals surface area contributed by atoms with E-state index in [1.807, 2.05) is 43.5 Å². The van der Waals surface area contributed by atoms with Gasteiger partial charge >= 0.3 is 0 Å². The van der Waals surface area contributed by atoms with Gasteiger partial charge in [0.25, 0.3) is 0 Å². The molecule has 0 bridgehead atoms. The van der Waals surface area contributed by atoms with E-state index >= 15 is 0 Å². The quantitative estimate of drug-likeness (QED) is 0.541. The number of benzene rings is 2. The number of β-amino-alcohol motifs (C(OH)–C–C–N with tert-alkyl or cyclic N) is 1. The molecule has 0 saturated carbocycles. The minimum absolute atomic E-state index is 0.0748. The zero-order valence-corrected chi connectivity index (χ0v) is 20.5. The molecule has 1 atom stereocenters. The van der Waals surface area contributed by atoms with Crippen LogP contribution < -0.4 is 18.9 Å². The molecule has 0 aliphatic carbocycles. The normalized spacial score (nSPS) is 14.0. The maximum atomic E-state index is 12.8. The molecule has 1 amide bonds. The number of aliphatic hydroxyl groups is 1. The number of likely N-dealkylation sites (N-methyl/N-ethyl adjacent to an activating group) is 1. The lowest BCUT2D eigenvalue weighted by molar-refractivity contribution is -0.129. The first-order valence-electron chi connectivity index (χ1n) is 11.2. The highest BCUT2D eigenvalue weighted by atomic mass is 16.5. The number of rotatable bonds is 11. The van der Waals surface area contributed by atoms with Gasteiger partial charge in [0.2, 0.25) is 5.91 Å². The van der Waals surface area contributed by atoms with E-state index in [1.165, 1.54) is 0 Å². The van der Waals surface area contributed by atoms with Gasteiger partial charge in [0, 0.05) is 19.3 Å². The molecule has 34 heavy (non-hydrogen) atoms. The van der Waals surface area contributed by atoms with Gasteiger partial charge in [-0.15, -0.1) is 0 Å². The number of ether oxygens (including phenoxy) is 4. The first-order chi connectivity index (χ1) is 16.4. The van der Waals surface area contributed by atoms with Crippen molar-refractivity contribution < 1.29 is 28.8 Å². The summed E-state index contributed by atoms with van der Waals surface area (Å²) < 4.78 is 21.4. The summed E-state index contributed by atoms with van der Waals surface area (Å²) in [6.45, 7) is 1.42. The van der Waals surface area contributed by atoms with Crippen LogP contribution in [0.25, 0.3) is 6.08 Å². The summed E-state index contributed by atoms with van der Waals surface area (Å²) in [5, 5.41) is 10.7. The molecule has 2 aromatic carbocycles. The molecule has 184 valence electrons. The van der Waals surface area contributed by atoms with E-state index in [-0.39, 0.29) is 18.9 Å². The second-order valence-electron chi connectivity index (χ2n) is 8.30. The van der Waals surface area contributed by atoms with Crippen LogP contribution in [0.3, 0.4) is 0 Å². The van der Waals surface area contributed by atoms with Crippen molar-refractivity contribution in [3.8, 4) is 23.0 Å². The third-order valence-electron chi connectivity index (χ3n) is 5.90. The Kier molecular flexibility index (Phi) is 8.79. The fourth-order valence-electron chi connectivity index (χ4n) is 4.02. The van der Waals surface area contributed by atoms with Gasteiger partial charge < -0.3 is 33.9 Å². The summed E-state index contributed by atoms with van der Waals surface area (Å²) in [6.07, 6.45) is 3.94. The van der Waals surface area contributed by atoms with Crippen LogP contribution in [0.4, 0.5) is 0 Å². The zero-order valence-electron chi connectivity index (χ0n) is 20.5. The number of carbonyl (C=O) groups excluding carboxylic acids is 1. The molecule has 1 heterocycles. The van der Waals surface area contributed by atoms with E-state index in [0.717, 1.165) is 29.7 Å². The zero-order chi connectivity index (χ0) is 24.7. The molecule has 1 N–H and O–H groups in total. The van der Waals surface area contributed by atoms with Crippen LogP contribution in [0, 0.1) is 0 Å². The van der Waals surface area contributed by atoms with Gasteiger partial charge in [-0.25, -0.2) is 0 Å². The average molecular weight is 471 g/mol. The van der Waals surface area contributed by atoms with Crippen LogP contribution >= 0.6 is 0 Å². The van der Waals surface area contributed by atoms with Crippen molar-refractivity contribution in [1.29, 1.82) is 0 Å². The fraction of sp³-hybridized carbons (Fsp3) is 0.423.